The third-order valence-corrected chi connectivity index (χ3v) is 2.28. The molecule has 0 bridgehead atoms. The first-order valence-corrected chi connectivity index (χ1v) is 5.94. The Bertz CT molecular complexity index is 395. The molecule has 0 radical (unpaired) electrons. The van der Waals surface area contributed by atoms with Gasteiger partial charge in [-0.1, -0.05) is 6.92 Å². The van der Waals surface area contributed by atoms with Crippen molar-refractivity contribution in [1.29, 1.82) is 0 Å². The molecule has 0 aromatic carbocycles. The van der Waals surface area contributed by atoms with Crippen molar-refractivity contribution in [3.05, 3.63) is 0 Å². The van der Waals surface area contributed by atoms with E-state index in [-0.39, 0.29) is 29.7 Å². The van der Waals surface area contributed by atoms with Crippen LogP contribution in [0.5, 0.6) is 12.0 Å². The van der Waals surface area contributed by atoms with Crippen molar-refractivity contribution < 1.29 is 9.47 Å². The van der Waals surface area contributed by atoms with E-state index in [0.717, 1.165) is 6.42 Å². The molecule has 0 unspecified atom stereocenters. The molecule has 0 spiro atoms. The van der Waals surface area contributed by atoms with Gasteiger partial charge in [0, 0.05) is 0 Å². The highest BCUT2D eigenvalue weighted by Crippen LogP contribution is 2.20. The quantitative estimate of drug-likeness (QED) is 0.587. The molecule has 0 aliphatic carbocycles. The minimum Gasteiger partial charge on any atom is -0.461 e. The molecule has 3 N–H and O–H groups in total. The zero-order valence-electron chi connectivity index (χ0n) is 11.5. The predicted molar refractivity (Wildman–Crippen MR) is 68.4 cm³/mol. The number of nitrogen functional groups attached to an aromatic ring is 1. The van der Waals surface area contributed by atoms with Crippen LogP contribution in [0.3, 0.4) is 0 Å². The molecule has 7 heteroatoms. The van der Waals surface area contributed by atoms with Gasteiger partial charge in [-0.05, 0) is 34.1 Å². The topological polar surface area (TPSA) is 95.2 Å². The lowest BCUT2D eigenvalue weighted by molar-refractivity contribution is 0.0898. The van der Waals surface area contributed by atoms with Crippen LogP contribution in [-0.2, 0) is 0 Å². The Hall–Kier alpha value is -1.63. The van der Waals surface area contributed by atoms with Gasteiger partial charge in [-0.3, -0.25) is 5.43 Å². The Kier molecular flexibility index (Phi) is 4.66. The molecule has 1 aromatic rings. The maximum Gasteiger partial charge on any atom is 0.325 e. The standard InChI is InChI=1S/C11H21N5O2/c1-6-11(4,5)18-10-14-8(16-12)13-9(15-10)17-7(2)3/h7H,6,12H2,1-5H3,(H,13,14,15,16). The molecule has 0 fully saturated rings. The molecule has 0 amide bonds. The highest BCUT2D eigenvalue weighted by Gasteiger charge is 2.20. The summed E-state index contributed by atoms with van der Waals surface area (Å²) in [5.41, 5.74) is 2.00. The average molecular weight is 255 g/mol. The van der Waals surface area contributed by atoms with Crippen LogP contribution in [0, 0.1) is 0 Å². The van der Waals surface area contributed by atoms with E-state index in [0.29, 0.717) is 0 Å². The fourth-order valence-corrected chi connectivity index (χ4v) is 1.03. The van der Waals surface area contributed by atoms with E-state index in [1.165, 1.54) is 0 Å². The summed E-state index contributed by atoms with van der Waals surface area (Å²) in [5, 5.41) is 0. The highest BCUT2D eigenvalue weighted by atomic mass is 16.5. The molecule has 0 aliphatic rings. The molecule has 0 saturated carbocycles. The maximum atomic E-state index is 5.68. The number of anilines is 1. The van der Waals surface area contributed by atoms with E-state index in [4.69, 9.17) is 15.3 Å². The highest BCUT2D eigenvalue weighted by molar-refractivity contribution is 5.25. The maximum absolute atomic E-state index is 5.68. The normalized spacial score (nSPS) is 11.5. The van der Waals surface area contributed by atoms with E-state index >= 15 is 0 Å². The summed E-state index contributed by atoms with van der Waals surface area (Å²) in [5.74, 6) is 5.51. The molecule has 0 aliphatic heterocycles. The van der Waals surface area contributed by atoms with E-state index in [9.17, 15) is 0 Å². The largest absolute Gasteiger partial charge is 0.461 e. The Morgan fingerprint density at radius 1 is 1.22 bits per heavy atom. The lowest BCUT2D eigenvalue weighted by Gasteiger charge is -2.23. The summed E-state index contributed by atoms with van der Waals surface area (Å²) in [6, 6.07) is 0.385. The van der Waals surface area contributed by atoms with Gasteiger partial charge in [0.2, 0.25) is 5.95 Å². The summed E-state index contributed by atoms with van der Waals surface area (Å²) >= 11 is 0. The predicted octanol–water partition coefficient (Wildman–Crippen LogP) is 1.51. The number of nitrogens with two attached hydrogens (primary N) is 1. The second-order valence-corrected chi connectivity index (χ2v) is 4.75. The zero-order chi connectivity index (χ0) is 13.8. The van der Waals surface area contributed by atoms with Crippen LogP contribution < -0.4 is 20.7 Å². The summed E-state index contributed by atoms with van der Waals surface area (Å²) in [4.78, 5) is 12.1. The number of ether oxygens (including phenoxy) is 2. The summed E-state index contributed by atoms with van der Waals surface area (Å²) in [6.07, 6.45) is 0.787. The van der Waals surface area contributed by atoms with Crippen LogP contribution in [0.25, 0.3) is 0 Å². The molecule has 102 valence electrons. The fraction of sp³-hybridized carbons (Fsp3) is 0.727. The molecule has 7 nitrogen and oxygen atoms in total. The number of rotatable bonds is 6. The van der Waals surface area contributed by atoms with Crippen LogP contribution in [0.4, 0.5) is 5.95 Å². The van der Waals surface area contributed by atoms with Gasteiger partial charge in [-0.15, -0.1) is 4.98 Å². The Morgan fingerprint density at radius 2 is 1.83 bits per heavy atom. The van der Waals surface area contributed by atoms with Gasteiger partial charge in [-0.25, -0.2) is 5.84 Å². The van der Waals surface area contributed by atoms with Gasteiger partial charge in [0.05, 0.1) is 6.10 Å². The second-order valence-electron chi connectivity index (χ2n) is 4.75. The van der Waals surface area contributed by atoms with Gasteiger partial charge < -0.3 is 9.47 Å². The van der Waals surface area contributed by atoms with E-state index in [1.807, 2.05) is 34.6 Å². The lowest BCUT2D eigenvalue weighted by Crippen LogP contribution is -2.28. The van der Waals surface area contributed by atoms with Crippen LogP contribution in [0.2, 0.25) is 0 Å². The molecule has 1 rings (SSSR count). The van der Waals surface area contributed by atoms with Gasteiger partial charge in [0.25, 0.3) is 0 Å². The Morgan fingerprint density at radius 3 is 2.33 bits per heavy atom. The first-order valence-electron chi connectivity index (χ1n) is 5.94. The Balaban J connectivity index is 2.97. The number of nitrogens with zero attached hydrogens (tertiary/aromatic N) is 3. The molecule has 0 atom stereocenters. The first-order chi connectivity index (χ1) is 8.36. The van der Waals surface area contributed by atoms with Crippen LogP contribution >= 0.6 is 0 Å². The van der Waals surface area contributed by atoms with E-state index in [1.54, 1.807) is 0 Å². The van der Waals surface area contributed by atoms with E-state index < -0.39 is 0 Å². The zero-order valence-corrected chi connectivity index (χ0v) is 11.5. The monoisotopic (exact) mass is 255 g/mol. The van der Waals surface area contributed by atoms with E-state index in [2.05, 4.69) is 20.4 Å². The van der Waals surface area contributed by atoms with Crippen molar-refractivity contribution in [3.63, 3.8) is 0 Å². The van der Waals surface area contributed by atoms with Gasteiger partial charge in [0.15, 0.2) is 0 Å². The third-order valence-electron chi connectivity index (χ3n) is 2.28. The SMILES string of the molecule is CCC(C)(C)Oc1nc(NN)nc(OC(C)C)n1. The second kappa shape index (κ2) is 5.81. The minimum absolute atomic E-state index is 0.0370. The molecular weight excluding hydrogens is 234 g/mol. The number of hydrogen-bond donors (Lipinski definition) is 2. The van der Waals surface area contributed by atoms with Gasteiger partial charge in [0.1, 0.15) is 5.60 Å². The van der Waals surface area contributed by atoms with Crippen molar-refractivity contribution in [2.75, 3.05) is 5.43 Å². The van der Waals surface area contributed by atoms with Crippen molar-refractivity contribution in [2.24, 2.45) is 5.84 Å². The number of hydrogen-bond acceptors (Lipinski definition) is 7. The average Bonchev–Trinajstić information content (AvgIpc) is 2.27. The molecule has 18 heavy (non-hydrogen) atoms. The van der Waals surface area contributed by atoms with Crippen molar-refractivity contribution >= 4 is 5.95 Å². The molecular formula is C11H21N5O2. The van der Waals surface area contributed by atoms with Crippen molar-refractivity contribution in [3.8, 4) is 12.0 Å². The number of nitrogens with one attached hydrogen (secondary N) is 1. The minimum atomic E-state index is -0.359. The molecule has 1 heterocycles. The van der Waals surface area contributed by atoms with Crippen molar-refractivity contribution in [1.82, 2.24) is 15.0 Å². The number of aromatic nitrogens is 3. The lowest BCUT2D eigenvalue weighted by atomic mass is 10.1. The summed E-state index contributed by atoms with van der Waals surface area (Å²) < 4.78 is 11.1. The van der Waals surface area contributed by atoms with Crippen LogP contribution in [0.15, 0.2) is 0 Å². The molecule has 0 saturated heterocycles. The van der Waals surface area contributed by atoms with Crippen LogP contribution in [0.1, 0.15) is 41.0 Å². The van der Waals surface area contributed by atoms with Crippen LogP contribution in [-0.4, -0.2) is 26.7 Å². The summed E-state index contributed by atoms with van der Waals surface area (Å²) in [7, 11) is 0. The number of hydrazine groups is 1. The molecule has 1 aromatic heterocycles. The fourth-order valence-electron chi connectivity index (χ4n) is 1.03. The third kappa shape index (κ3) is 4.33. The first kappa shape index (κ1) is 14.4. The van der Waals surface area contributed by atoms with Crippen molar-refractivity contribution in [2.45, 2.75) is 52.7 Å². The Labute approximate surface area is 107 Å². The summed E-state index contributed by atoms with van der Waals surface area (Å²) in [6.45, 7) is 9.70. The van der Waals surface area contributed by atoms with Gasteiger partial charge in [-0.2, -0.15) is 9.97 Å². The van der Waals surface area contributed by atoms with Gasteiger partial charge >= 0.3 is 12.0 Å². The smallest absolute Gasteiger partial charge is 0.325 e.